The highest BCUT2D eigenvalue weighted by molar-refractivity contribution is 5.76. The number of nitrogens with zero attached hydrogens (tertiary/aromatic N) is 4. The van der Waals surface area contributed by atoms with Gasteiger partial charge in [-0.1, -0.05) is 0 Å². The third-order valence-corrected chi connectivity index (χ3v) is 3.18. The fourth-order valence-electron chi connectivity index (χ4n) is 2.22. The Hall–Kier alpha value is -1.43. The Morgan fingerprint density at radius 2 is 2.35 bits per heavy atom. The Balaban J connectivity index is 1.85. The molecule has 1 amide bonds. The number of carbonyl (C=O) groups is 1. The van der Waals surface area contributed by atoms with E-state index in [-0.39, 0.29) is 18.6 Å². The first kappa shape index (κ1) is 12.0. The zero-order valence-corrected chi connectivity index (χ0v) is 9.83. The molecule has 1 saturated heterocycles. The molecule has 0 saturated carbocycles. The molecule has 17 heavy (non-hydrogen) atoms. The summed E-state index contributed by atoms with van der Waals surface area (Å²) in [5, 5.41) is 13.2. The molecule has 1 fully saturated rings. The summed E-state index contributed by atoms with van der Waals surface area (Å²) in [6.07, 6.45) is 6.52. The van der Waals surface area contributed by atoms with Gasteiger partial charge in [-0.3, -0.25) is 9.48 Å². The summed E-state index contributed by atoms with van der Waals surface area (Å²) in [6, 6.07) is 0.00648. The van der Waals surface area contributed by atoms with Crippen molar-refractivity contribution >= 4 is 5.91 Å². The molecule has 0 aliphatic carbocycles. The van der Waals surface area contributed by atoms with Crippen LogP contribution in [0.5, 0.6) is 0 Å². The maximum absolute atomic E-state index is 12.0. The van der Waals surface area contributed by atoms with E-state index in [1.54, 1.807) is 15.9 Å². The second-order valence-corrected chi connectivity index (χ2v) is 4.33. The van der Waals surface area contributed by atoms with Gasteiger partial charge in [0.1, 0.15) is 12.7 Å². The molecule has 2 heterocycles. The molecule has 94 valence electrons. The zero-order valence-electron chi connectivity index (χ0n) is 9.83. The van der Waals surface area contributed by atoms with Crippen LogP contribution in [-0.2, 0) is 11.3 Å². The predicted octanol–water partition coefficient (Wildman–Crippen LogP) is 0.0416. The normalized spacial score (nSPS) is 20.5. The van der Waals surface area contributed by atoms with Crippen molar-refractivity contribution in [2.75, 3.05) is 13.2 Å². The molecule has 6 nitrogen and oxygen atoms in total. The number of aryl methyl sites for hydroxylation is 1. The topological polar surface area (TPSA) is 71.2 Å². The molecule has 6 heteroatoms. The van der Waals surface area contributed by atoms with Crippen molar-refractivity contribution in [3.63, 3.8) is 0 Å². The molecule has 0 spiro atoms. The number of aliphatic hydroxyl groups is 1. The highest BCUT2D eigenvalue weighted by Gasteiger charge is 2.25. The molecule has 0 aromatic carbocycles. The Kier molecular flexibility index (Phi) is 4.08. The molecule has 0 bridgehead atoms. The van der Waals surface area contributed by atoms with E-state index >= 15 is 0 Å². The summed E-state index contributed by atoms with van der Waals surface area (Å²) in [5.74, 6) is 0.0965. The number of amides is 1. The molecule has 1 aromatic heterocycles. The maximum Gasteiger partial charge on any atom is 0.224 e. The summed E-state index contributed by atoms with van der Waals surface area (Å²) in [7, 11) is 0. The quantitative estimate of drug-likeness (QED) is 0.804. The monoisotopic (exact) mass is 238 g/mol. The van der Waals surface area contributed by atoms with Crippen molar-refractivity contribution < 1.29 is 9.90 Å². The fourth-order valence-corrected chi connectivity index (χ4v) is 2.22. The lowest BCUT2D eigenvalue weighted by atomic mass is 10.0. The van der Waals surface area contributed by atoms with Gasteiger partial charge in [0.15, 0.2) is 0 Å². The van der Waals surface area contributed by atoms with Gasteiger partial charge in [0, 0.05) is 13.0 Å². The van der Waals surface area contributed by atoms with Crippen LogP contribution in [0.2, 0.25) is 0 Å². The van der Waals surface area contributed by atoms with Gasteiger partial charge in [-0.2, -0.15) is 5.10 Å². The molecule has 2 rings (SSSR count). The van der Waals surface area contributed by atoms with Crippen LogP contribution >= 0.6 is 0 Å². The van der Waals surface area contributed by atoms with Crippen LogP contribution in [0.3, 0.4) is 0 Å². The first-order valence-corrected chi connectivity index (χ1v) is 6.04. The van der Waals surface area contributed by atoms with Crippen LogP contribution < -0.4 is 0 Å². The van der Waals surface area contributed by atoms with Crippen molar-refractivity contribution in [3.05, 3.63) is 12.7 Å². The Labute approximate surface area is 100 Å². The van der Waals surface area contributed by atoms with Crippen LogP contribution in [0.4, 0.5) is 0 Å². The number of piperidine rings is 1. The number of aliphatic hydroxyl groups excluding tert-OH is 1. The van der Waals surface area contributed by atoms with Crippen LogP contribution in [-0.4, -0.2) is 49.9 Å². The summed E-state index contributed by atoms with van der Waals surface area (Å²) in [5.41, 5.74) is 0. The summed E-state index contributed by atoms with van der Waals surface area (Å²) in [4.78, 5) is 17.7. The standard InChI is InChI=1S/C11H18N4O2/c16-7-10-3-1-2-5-15(10)11(17)4-6-14-9-12-8-13-14/h8-10,16H,1-7H2. The second kappa shape index (κ2) is 5.77. The maximum atomic E-state index is 12.0. The van der Waals surface area contributed by atoms with Crippen molar-refractivity contribution in [3.8, 4) is 0 Å². The summed E-state index contributed by atoms with van der Waals surface area (Å²) >= 11 is 0. The van der Waals surface area contributed by atoms with E-state index in [0.717, 1.165) is 25.8 Å². The van der Waals surface area contributed by atoms with E-state index < -0.39 is 0 Å². The number of hydrogen-bond donors (Lipinski definition) is 1. The number of rotatable bonds is 4. The Morgan fingerprint density at radius 1 is 1.47 bits per heavy atom. The molecule has 1 N–H and O–H groups in total. The lowest BCUT2D eigenvalue weighted by molar-refractivity contribution is -0.136. The number of aromatic nitrogens is 3. The van der Waals surface area contributed by atoms with Gasteiger partial charge in [-0.25, -0.2) is 4.98 Å². The SMILES string of the molecule is O=C(CCn1cncn1)N1CCCCC1CO. The molecule has 1 unspecified atom stereocenters. The van der Waals surface area contributed by atoms with Crippen molar-refractivity contribution in [1.82, 2.24) is 19.7 Å². The highest BCUT2D eigenvalue weighted by Crippen LogP contribution is 2.17. The Bertz CT molecular complexity index is 352. The average molecular weight is 238 g/mol. The van der Waals surface area contributed by atoms with Crippen LogP contribution in [0.1, 0.15) is 25.7 Å². The first-order chi connectivity index (χ1) is 8.31. The van der Waals surface area contributed by atoms with Crippen molar-refractivity contribution in [1.29, 1.82) is 0 Å². The van der Waals surface area contributed by atoms with E-state index in [1.165, 1.54) is 6.33 Å². The minimum absolute atomic E-state index is 0.00648. The molecular formula is C11H18N4O2. The minimum atomic E-state index is 0.00648. The molecule has 1 atom stereocenters. The Morgan fingerprint density at radius 3 is 3.06 bits per heavy atom. The number of carbonyl (C=O) groups excluding carboxylic acids is 1. The fraction of sp³-hybridized carbons (Fsp3) is 0.727. The van der Waals surface area contributed by atoms with Gasteiger partial charge in [0.05, 0.1) is 19.2 Å². The molecule has 0 radical (unpaired) electrons. The van der Waals surface area contributed by atoms with Gasteiger partial charge in [-0.05, 0) is 19.3 Å². The van der Waals surface area contributed by atoms with E-state index in [9.17, 15) is 9.90 Å². The zero-order chi connectivity index (χ0) is 12.1. The summed E-state index contributed by atoms with van der Waals surface area (Å²) in [6.45, 7) is 1.38. The smallest absolute Gasteiger partial charge is 0.224 e. The lowest BCUT2D eigenvalue weighted by Gasteiger charge is -2.34. The molecular weight excluding hydrogens is 220 g/mol. The number of likely N-dealkylation sites (tertiary alicyclic amines) is 1. The third-order valence-electron chi connectivity index (χ3n) is 3.18. The third kappa shape index (κ3) is 3.03. The van der Waals surface area contributed by atoms with E-state index in [0.29, 0.717) is 13.0 Å². The molecule has 1 aliphatic heterocycles. The van der Waals surface area contributed by atoms with Crippen LogP contribution in [0, 0.1) is 0 Å². The van der Waals surface area contributed by atoms with E-state index in [4.69, 9.17) is 0 Å². The number of hydrogen-bond acceptors (Lipinski definition) is 4. The van der Waals surface area contributed by atoms with Crippen molar-refractivity contribution in [2.45, 2.75) is 38.3 Å². The van der Waals surface area contributed by atoms with Gasteiger partial charge in [0.25, 0.3) is 0 Å². The average Bonchev–Trinajstić information content (AvgIpc) is 2.89. The van der Waals surface area contributed by atoms with Crippen LogP contribution in [0.15, 0.2) is 12.7 Å². The largest absolute Gasteiger partial charge is 0.394 e. The second-order valence-electron chi connectivity index (χ2n) is 4.33. The molecule has 1 aromatic rings. The van der Waals surface area contributed by atoms with E-state index in [2.05, 4.69) is 10.1 Å². The van der Waals surface area contributed by atoms with Gasteiger partial charge in [0.2, 0.25) is 5.91 Å². The molecule has 1 aliphatic rings. The van der Waals surface area contributed by atoms with Gasteiger partial charge in [-0.15, -0.1) is 0 Å². The van der Waals surface area contributed by atoms with Gasteiger partial charge < -0.3 is 10.0 Å². The predicted molar refractivity (Wildman–Crippen MR) is 61.1 cm³/mol. The van der Waals surface area contributed by atoms with Crippen LogP contribution in [0.25, 0.3) is 0 Å². The van der Waals surface area contributed by atoms with Gasteiger partial charge >= 0.3 is 0 Å². The van der Waals surface area contributed by atoms with Crippen molar-refractivity contribution in [2.24, 2.45) is 0 Å². The lowest BCUT2D eigenvalue weighted by Crippen LogP contribution is -2.45. The summed E-state index contributed by atoms with van der Waals surface area (Å²) < 4.78 is 1.65. The first-order valence-electron chi connectivity index (χ1n) is 6.04. The van der Waals surface area contributed by atoms with E-state index in [1.807, 2.05) is 0 Å². The highest BCUT2D eigenvalue weighted by atomic mass is 16.3. The minimum Gasteiger partial charge on any atom is -0.394 e.